The Bertz CT molecular complexity index is 1830. The number of H-pyrrole nitrogens is 2. The predicted octanol–water partition coefficient (Wildman–Crippen LogP) is 5.98. The van der Waals surface area contributed by atoms with Crippen LogP contribution in [0.3, 0.4) is 0 Å². The molecule has 246 valence electrons. The zero-order valence-corrected chi connectivity index (χ0v) is 26.3. The number of rotatable bonds is 13. The lowest BCUT2D eigenvalue weighted by molar-refractivity contribution is 0.128. The molecule has 0 saturated heterocycles. The molecule has 0 aliphatic heterocycles. The number of carbonyl (C=O) groups is 2. The summed E-state index contributed by atoms with van der Waals surface area (Å²) in [6.07, 6.45) is -0.639. The maximum absolute atomic E-state index is 12.7. The summed E-state index contributed by atoms with van der Waals surface area (Å²) in [5, 5.41) is 28.2. The first-order valence-corrected chi connectivity index (χ1v) is 15.9. The van der Waals surface area contributed by atoms with E-state index in [2.05, 4.69) is 20.6 Å². The second-order valence-corrected chi connectivity index (χ2v) is 11.6. The van der Waals surface area contributed by atoms with Gasteiger partial charge in [-0.3, -0.25) is 0 Å². The summed E-state index contributed by atoms with van der Waals surface area (Å²) in [4.78, 5) is 32.6. The van der Waals surface area contributed by atoms with Crippen molar-refractivity contribution in [3.63, 3.8) is 0 Å². The monoisotopic (exact) mass is 646 g/mol. The summed E-state index contributed by atoms with van der Waals surface area (Å²) in [6.45, 7) is -0.385. The normalized spacial score (nSPS) is 12.5. The molecular formula is C38H38N4O6. The average Bonchev–Trinajstić information content (AvgIpc) is 3.67. The number of carbonyl (C=O) groups excluding carboxylic acids is 2. The Morgan fingerprint density at radius 2 is 0.938 bits per heavy atom. The molecule has 6 rings (SSSR count). The third-order valence-electron chi connectivity index (χ3n) is 8.29. The number of aliphatic hydroxyl groups is 2. The molecule has 10 nitrogen and oxygen atoms in total. The Labute approximate surface area is 277 Å². The van der Waals surface area contributed by atoms with Crippen molar-refractivity contribution in [1.82, 2.24) is 20.6 Å². The van der Waals surface area contributed by atoms with Gasteiger partial charge in [0, 0.05) is 21.8 Å². The van der Waals surface area contributed by atoms with Crippen LogP contribution in [0, 0.1) is 0 Å². The van der Waals surface area contributed by atoms with Crippen molar-refractivity contribution in [3.05, 3.63) is 131 Å². The van der Waals surface area contributed by atoms with Gasteiger partial charge in [-0.1, -0.05) is 97.1 Å². The van der Waals surface area contributed by atoms with Crippen LogP contribution in [0.15, 0.2) is 109 Å². The van der Waals surface area contributed by atoms with E-state index in [4.69, 9.17) is 9.47 Å². The lowest BCUT2D eigenvalue weighted by Crippen LogP contribution is -2.39. The molecule has 2 amide bonds. The Morgan fingerprint density at radius 1 is 0.562 bits per heavy atom. The summed E-state index contributed by atoms with van der Waals surface area (Å²) in [5.74, 6) is 0. The highest BCUT2D eigenvalue weighted by Gasteiger charge is 2.25. The van der Waals surface area contributed by atoms with Gasteiger partial charge in [-0.15, -0.1) is 0 Å². The number of fused-ring (bicyclic) bond motifs is 2. The van der Waals surface area contributed by atoms with Gasteiger partial charge >= 0.3 is 12.2 Å². The van der Waals surface area contributed by atoms with Gasteiger partial charge in [0.05, 0.1) is 36.7 Å². The minimum absolute atomic E-state index is 0.113. The first-order chi connectivity index (χ1) is 23.5. The molecule has 0 aliphatic rings. The van der Waals surface area contributed by atoms with Crippen LogP contribution in [0.5, 0.6) is 0 Å². The standard InChI is InChI=1S/C38H38N4O6/c43-21-27(39-37(45)47-23-25-11-3-1-4-12-25)19-31-29-15-7-9-17-33(29)41-35(31)36-32(30-16-8-10-18-34(30)42-36)20-28(22-44)40-38(46)48-24-26-13-5-2-6-14-26/h1-18,27-28,41-44H,19-24H2,(H,39,45)(H,40,46)/t27-,28?/m1/s1. The second kappa shape index (κ2) is 15.3. The van der Waals surface area contributed by atoms with Gasteiger partial charge in [-0.25, -0.2) is 9.59 Å². The van der Waals surface area contributed by atoms with Gasteiger partial charge < -0.3 is 40.3 Å². The van der Waals surface area contributed by atoms with E-state index in [0.717, 1.165) is 55.4 Å². The van der Waals surface area contributed by atoms with E-state index in [1.165, 1.54) is 0 Å². The highest BCUT2D eigenvalue weighted by molar-refractivity contribution is 5.96. The molecule has 2 aromatic heterocycles. The minimum Gasteiger partial charge on any atom is -0.445 e. The summed E-state index contributed by atoms with van der Waals surface area (Å²) in [5.41, 5.74) is 6.83. The van der Waals surface area contributed by atoms with E-state index in [0.29, 0.717) is 12.8 Å². The van der Waals surface area contributed by atoms with Crippen LogP contribution in [-0.2, 0) is 35.5 Å². The Kier molecular flexibility index (Phi) is 10.3. The van der Waals surface area contributed by atoms with E-state index >= 15 is 0 Å². The average molecular weight is 647 g/mol. The molecule has 1 unspecified atom stereocenters. The van der Waals surface area contributed by atoms with Crippen molar-refractivity contribution < 1.29 is 29.3 Å². The first kappa shape index (κ1) is 32.4. The summed E-state index contributed by atoms with van der Waals surface area (Å²) in [7, 11) is 0. The fourth-order valence-corrected chi connectivity index (χ4v) is 5.93. The third-order valence-corrected chi connectivity index (χ3v) is 8.29. The van der Waals surface area contributed by atoms with E-state index in [9.17, 15) is 19.8 Å². The zero-order chi connectivity index (χ0) is 33.3. The number of aliphatic hydroxyl groups excluding tert-OH is 2. The van der Waals surface area contributed by atoms with Gasteiger partial charge in [0.15, 0.2) is 0 Å². The number of alkyl carbamates (subject to hydrolysis) is 2. The summed E-state index contributed by atoms with van der Waals surface area (Å²) >= 11 is 0. The second-order valence-electron chi connectivity index (χ2n) is 11.6. The van der Waals surface area contributed by atoms with Crippen LogP contribution in [0.2, 0.25) is 0 Å². The molecule has 6 aromatic rings. The van der Waals surface area contributed by atoms with Gasteiger partial charge in [0.2, 0.25) is 0 Å². The van der Waals surface area contributed by atoms with E-state index in [-0.39, 0.29) is 26.4 Å². The van der Waals surface area contributed by atoms with Crippen LogP contribution in [0.1, 0.15) is 22.3 Å². The number of para-hydroxylation sites is 2. The fraction of sp³-hybridized carbons (Fsp3) is 0.211. The predicted molar refractivity (Wildman–Crippen MR) is 184 cm³/mol. The molecule has 2 heterocycles. The van der Waals surface area contributed by atoms with Gasteiger partial charge in [-0.05, 0) is 47.2 Å². The van der Waals surface area contributed by atoms with Crippen molar-refractivity contribution in [3.8, 4) is 11.4 Å². The summed E-state index contributed by atoms with van der Waals surface area (Å²) < 4.78 is 10.9. The van der Waals surface area contributed by atoms with Crippen LogP contribution in [0.4, 0.5) is 9.59 Å². The largest absolute Gasteiger partial charge is 0.445 e. The van der Waals surface area contributed by atoms with E-state index < -0.39 is 24.3 Å². The topological polar surface area (TPSA) is 149 Å². The molecule has 0 spiro atoms. The van der Waals surface area contributed by atoms with Crippen molar-refractivity contribution in [2.45, 2.75) is 38.1 Å². The minimum atomic E-state index is -0.634. The Balaban J connectivity index is 1.26. The van der Waals surface area contributed by atoms with Gasteiger partial charge in [0.25, 0.3) is 0 Å². The zero-order valence-electron chi connectivity index (χ0n) is 26.3. The Morgan fingerprint density at radius 3 is 1.33 bits per heavy atom. The molecule has 0 saturated carbocycles. The molecule has 48 heavy (non-hydrogen) atoms. The van der Waals surface area contributed by atoms with Crippen LogP contribution in [-0.4, -0.2) is 57.7 Å². The van der Waals surface area contributed by atoms with Gasteiger partial charge in [-0.2, -0.15) is 0 Å². The Hall–Kier alpha value is -5.58. The van der Waals surface area contributed by atoms with E-state index in [1.54, 1.807) is 0 Å². The smallest absolute Gasteiger partial charge is 0.407 e. The molecule has 0 bridgehead atoms. The first-order valence-electron chi connectivity index (χ1n) is 15.9. The maximum Gasteiger partial charge on any atom is 0.407 e. The van der Waals surface area contributed by atoms with Crippen LogP contribution >= 0.6 is 0 Å². The SMILES string of the molecule is O=C(NC(CO)Cc1c(-c2[nH]c3ccccc3c2C[C@H](CO)NC(=O)OCc2ccccc2)[nH]c2ccccc12)OCc1ccccc1. The number of hydrogen-bond donors (Lipinski definition) is 6. The van der Waals surface area contributed by atoms with Crippen LogP contribution < -0.4 is 10.6 Å². The molecule has 10 heteroatoms. The highest BCUT2D eigenvalue weighted by atomic mass is 16.6. The lowest BCUT2D eigenvalue weighted by Gasteiger charge is -2.19. The van der Waals surface area contributed by atoms with Crippen molar-refractivity contribution in [1.29, 1.82) is 0 Å². The lowest BCUT2D eigenvalue weighted by atomic mass is 9.97. The number of nitrogens with one attached hydrogen (secondary N) is 4. The molecular weight excluding hydrogens is 608 g/mol. The molecule has 0 aliphatic carbocycles. The van der Waals surface area contributed by atoms with Gasteiger partial charge in [0.1, 0.15) is 13.2 Å². The van der Waals surface area contributed by atoms with E-state index in [1.807, 2.05) is 109 Å². The summed E-state index contributed by atoms with van der Waals surface area (Å²) in [6, 6.07) is 33.2. The quantitative estimate of drug-likeness (QED) is 0.0910. The number of benzene rings is 4. The molecule has 6 N–H and O–H groups in total. The molecule has 2 atom stereocenters. The number of ether oxygens (including phenoxy) is 2. The van der Waals surface area contributed by atoms with Crippen LogP contribution in [0.25, 0.3) is 33.2 Å². The number of aromatic amines is 2. The molecule has 0 fully saturated rings. The van der Waals surface area contributed by atoms with Crippen molar-refractivity contribution in [2.24, 2.45) is 0 Å². The number of amides is 2. The third kappa shape index (κ3) is 7.68. The molecule has 4 aromatic carbocycles. The maximum atomic E-state index is 12.7. The number of aromatic nitrogens is 2. The molecule has 0 radical (unpaired) electrons. The van der Waals surface area contributed by atoms with Crippen molar-refractivity contribution in [2.75, 3.05) is 13.2 Å². The number of hydrogen-bond acceptors (Lipinski definition) is 6. The highest BCUT2D eigenvalue weighted by Crippen LogP contribution is 2.36. The fourth-order valence-electron chi connectivity index (χ4n) is 5.93. The van der Waals surface area contributed by atoms with Crippen molar-refractivity contribution >= 4 is 34.0 Å².